The maximum Gasteiger partial charge on any atom is 0.185 e. The van der Waals surface area contributed by atoms with Crippen molar-refractivity contribution in [2.24, 2.45) is 0 Å². The first-order valence-corrected chi connectivity index (χ1v) is 7.06. The largest absolute Gasteiger partial charge is 0.289 e. The molecule has 0 heterocycles. The Morgan fingerprint density at radius 1 is 0.857 bits per heavy atom. The normalized spacial score (nSPS) is 14.1. The SMILES string of the molecule is O=C(C=Cc1ccccc1C1C=CC=C1)c1ccccc1. The zero-order chi connectivity index (χ0) is 14.5. The van der Waals surface area contributed by atoms with E-state index in [1.165, 1.54) is 5.56 Å². The fourth-order valence-electron chi connectivity index (χ4n) is 2.47. The van der Waals surface area contributed by atoms with Gasteiger partial charge in [-0.3, -0.25) is 4.79 Å². The molecule has 1 heteroatoms. The number of hydrogen-bond acceptors (Lipinski definition) is 1. The van der Waals surface area contributed by atoms with E-state index in [-0.39, 0.29) is 5.78 Å². The highest BCUT2D eigenvalue weighted by Gasteiger charge is 2.10. The number of allylic oxidation sites excluding steroid dienone is 5. The molecule has 1 aliphatic carbocycles. The van der Waals surface area contributed by atoms with Crippen LogP contribution in [-0.2, 0) is 0 Å². The van der Waals surface area contributed by atoms with Crippen LogP contribution < -0.4 is 0 Å². The van der Waals surface area contributed by atoms with Gasteiger partial charge in [-0.1, -0.05) is 85.0 Å². The summed E-state index contributed by atoms with van der Waals surface area (Å²) in [6.07, 6.45) is 12.0. The number of hydrogen-bond donors (Lipinski definition) is 0. The van der Waals surface area contributed by atoms with E-state index in [4.69, 9.17) is 0 Å². The van der Waals surface area contributed by atoms with Gasteiger partial charge in [-0.2, -0.15) is 0 Å². The van der Waals surface area contributed by atoms with Gasteiger partial charge >= 0.3 is 0 Å². The topological polar surface area (TPSA) is 17.1 Å². The Hall–Kier alpha value is -2.67. The quantitative estimate of drug-likeness (QED) is 0.577. The Labute approximate surface area is 124 Å². The Bertz CT molecular complexity index is 709. The number of carbonyl (C=O) groups excluding carboxylic acids is 1. The van der Waals surface area contributed by atoms with Crippen LogP contribution in [0.3, 0.4) is 0 Å². The van der Waals surface area contributed by atoms with Crippen molar-refractivity contribution in [3.8, 4) is 0 Å². The van der Waals surface area contributed by atoms with Crippen molar-refractivity contribution in [2.45, 2.75) is 5.92 Å². The van der Waals surface area contributed by atoms with Crippen LogP contribution in [0.25, 0.3) is 6.08 Å². The molecule has 102 valence electrons. The highest BCUT2D eigenvalue weighted by atomic mass is 16.1. The summed E-state index contributed by atoms with van der Waals surface area (Å²) in [7, 11) is 0. The molecule has 0 unspecified atom stereocenters. The van der Waals surface area contributed by atoms with E-state index in [0.717, 1.165) is 5.56 Å². The zero-order valence-electron chi connectivity index (χ0n) is 11.6. The van der Waals surface area contributed by atoms with Crippen LogP contribution >= 0.6 is 0 Å². The van der Waals surface area contributed by atoms with Gasteiger partial charge in [-0.15, -0.1) is 0 Å². The minimum absolute atomic E-state index is 0.0305. The first-order chi connectivity index (χ1) is 10.3. The predicted molar refractivity (Wildman–Crippen MR) is 87.3 cm³/mol. The summed E-state index contributed by atoms with van der Waals surface area (Å²) in [6, 6.07) is 17.5. The summed E-state index contributed by atoms with van der Waals surface area (Å²) in [6.45, 7) is 0. The number of rotatable bonds is 4. The van der Waals surface area contributed by atoms with E-state index in [1.54, 1.807) is 6.08 Å². The monoisotopic (exact) mass is 272 g/mol. The van der Waals surface area contributed by atoms with Gasteiger partial charge < -0.3 is 0 Å². The third kappa shape index (κ3) is 3.09. The number of ketones is 1. The van der Waals surface area contributed by atoms with Crippen LogP contribution in [0.2, 0.25) is 0 Å². The lowest BCUT2D eigenvalue weighted by molar-refractivity contribution is 0.104. The van der Waals surface area contributed by atoms with Gasteiger partial charge in [-0.05, 0) is 17.2 Å². The molecule has 3 rings (SSSR count). The van der Waals surface area contributed by atoms with Crippen molar-refractivity contribution >= 4 is 11.9 Å². The van der Waals surface area contributed by atoms with Gasteiger partial charge in [0.25, 0.3) is 0 Å². The first kappa shape index (κ1) is 13.3. The molecule has 0 amide bonds. The molecule has 2 aromatic rings. The Morgan fingerprint density at radius 2 is 1.52 bits per heavy atom. The van der Waals surface area contributed by atoms with Crippen LogP contribution in [0, 0.1) is 0 Å². The van der Waals surface area contributed by atoms with Crippen LogP contribution in [0.1, 0.15) is 27.4 Å². The molecule has 0 radical (unpaired) electrons. The summed E-state index contributed by atoms with van der Waals surface area (Å²) < 4.78 is 0. The summed E-state index contributed by atoms with van der Waals surface area (Å²) in [5.41, 5.74) is 3.02. The maximum atomic E-state index is 12.1. The molecule has 21 heavy (non-hydrogen) atoms. The van der Waals surface area contributed by atoms with E-state index in [0.29, 0.717) is 11.5 Å². The lowest BCUT2D eigenvalue weighted by atomic mass is 9.95. The summed E-state index contributed by atoms with van der Waals surface area (Å²) in [5, 5.41) is 0. The van der Waals surface area contributed by atoms with E-state index in [2.05, 4.69) is 30.4 Å². The Morgan fingerprint density at radius 3 is 2.29 bits per heavy atom. The summed E-state index contributed by atoms with van der Waals surface area (Å²) in [5.74, 6) is 0.334. The fourth-order valence-corrected chi connectivity index (χ4v) is 2.47. The molecule has 0 saturated heterocycles. The molecule has 0 aliphatic heterocycles. The highest BCUT2D eigenvalue weighted by Crippen LogP contribution is 2.26. The van der Waals surface area contributed by atoms with Crippen LogP contribution in [0.5, 0.6) is 0 Å². The number of carbonyl (C=O) groups is 1. The summed E-state index contributed by atoms with van der Waals surface area (Å²) in [4.78, 5) is 12.1. The highest BCUT2D eigenvalue weighted by molar-refractivity contribution is 6.06. The van der Waals surface area contributed by atoms with E-state index >= 15 is 0 Å². The van der Waals surface area contributed by atoms with Crippen molar-refractivity contribution in [1.29, 1.82) is 0 Å². The average molecular weight is 272 g/mol. The lowest BCUT2D eigenvalue weighted by Crippen LogP contribution is -1.95. The molecular formula is C20H16O. The molecule has 0 aromatic heterocycles. The van der Waals surface area contributed by atoms with Crippen molar-refractivity contribution in [2.75, 3.05) is 0 Å². The second-order valence-corrected chi connectivity index (χ2v) is 4.99. The minimum atomic E-state index is 0.0305. The molecule has 0 N–H and O–H groups in total. The second kappa shape index (κ2) is 6.19. The van der Waals surface area contributed by atoms with Crippen LogP contribution in [-0.4, -0.2) is 5.78 Å². The van der Waals surface area contributed by atoms with Gasteiger partial charge in [0.2, 0.25) is 0 Å². The standard InChI is InChI=1S/C20H16O/c21-20(18-11-2-1-3-12-18)15-14-17-10-6-7-13-19(17)16-8-4-5-9-16/h1-16H. The maximum absolute atomic E-state index is 12.1. The van der Waals surface area contributed by atoms with Crippen molar-refractivity contribution in [3.63, 3.8) is 0 Å². The van der Waals surface area contributed by atoms with E-state index in [1.807, 2.05) is 54.6 Å². The van der Waals surface area contributed by atoms with Gasteiger partial charge in [0, 0.05) is 11.5 Å². The van der Waals surface area contributed by atoms with E-state index < -0.39 is 0 Å². The molecular weight excluding hydrogens is 256 g/mol. The number of benzene rings is 2. The molecule has 1 aliphatic rings. The van der Waals surface area contributed by atoms with Crippen molar-refractivity contribution in [1.82, 2.24) is 0 Å². The summed E-state index contributed by atoms with van der Waals surface area (Å²) >= 11 is 0. The molecule has 0 spiro atoms. The average Bonchev–Trinajstić information content (AvgIpc) is 3.08. The third-order valence-corrected chi connectivity index (χ3v) is 3.58. The third-order valence-electron chi connectivity index (χ3n) is 3.58. The van der Waals surface area contributed by atoms with Crippen LogP contribution in [0.4, 0.5) is 0 Å². The van der Waals surface area contributed by atoms with Crippen molar-refractivity contribution < 1.29 is 4.79 Å². The van der Waals surface area contributed by atoms with Gasteiger partial charge in [0.15, 0.2) is 5.78 Å². The van der Waals surface area contributed by atoms with Gasteiger partial charge in [0.05, 0.1) is 0 Å². The molecule has 0 bridgehead atoms. The minimum Gasteiger partial charge on any atom is -0.289 e. The molecule has 1 nitrogen and oxygen atoms in total. The molecule has 0 fully saturated rings. The second-order valence-electron chi connectivity index (χ2n) is 4.99. The van der Waals surface area contributed by atoms with Gasteiger partial charge in [-0.25, -0.2) is 0 Å². The lowest BCUT2D eigenvalue weighted by Gasteiger charge is -2.09. The van der Waals surface area contributed by atoms with E-state index in [9.17, 15) is 4.79 Å². The Balaban J connectivity index is 1.85. The first-order valence-electron chi connectivity index (χ1n) is 7.06. The predicted octanol–water partition coefficient (Wildman–Crippen LogP) is 4.79. The van der Waals surface area contributed by atoms with Crippen LogP contribution in [0.15, 0.2) is 85.0 Å². The van der Waals surface area contributed by atoms with Gasteiger partial charge in [0.1, 0.15) is 0 Å². The fraction of sp³-hybridized carbons (Fsp3) is 0.0500. The smallest absolute Gasteiger partial charge is 0.185 e. The Kier molecular flexibility index (Phi) is 3.92. The molecule has 2 aromatic carbocycles. The zero-order valence-corrected chi connectivity index (χ0v) is 11.6. The molecule has 0 saturated carbocycles. The van der Waals surface area contributed by atoms with Crippen molar-refractivity contribution in [3.05, 3.63) is 102 Å². The molecule has 0 atom stereocenters.